The lowest BCUT2D eigenvalue weighted by atomic mass is 10.2. The molecule has 0 aliphatic carbocycles. The van der Waals surface area contributed by atoms with Gasteiger partial charge in [-0.1, -0.05) is 11.6 Å². The summed E-state index contributed by atoms with van der Waals surface area (Å²) in [6.45, 7) is 3.53. The number of hydrogen-bond donors (Lipinski definition) is 0. The number of nitrogens with zero attached hydrogens (tertiary/aromatic N) is 3. The highest BCUT2D eigenvalue weighted by Gasteiger charge is 2.34. The van der Waals surface area contributed by atoms with E-state index in [-0.39, 0.29) is 11.9 Å². The molecule has 2 fully saturated rings. The summed E-state index contributed by atoms with van der Waals surface area (Å²) in [4.78, 5) is 21.0. The third-order valence-corrected chi connectivity index (χ3v) is 4.09. The first-order valence-electron chi connectivity index (χ1n) is 7.00. The molecule has 2 saturated heterocycles. The maximum atomic E-state index is 12.6. The van der Waals surface area contributed by atoms with E-state index in [4.69, 9.17) is 16.3 Å². The van der Waals surface area contributed by atoms with Crippen molar-refractivity contribution < 1.29 is 9.53 Å². The van der Waals surface area contributed by atoms with Crippen molar-refractivity contribution in [3.63, 3.8) is 0 Å². The van der Waals surface area contributed by atoms with Gasteiger partial charge in [0, 0.05) is 25.8 Å². The molecule has 0 N–H and O–H groups in total. The lowest BCUT2D eigenvalue weighted by molar-refractivity contribution is -0.136. The van der Waals surface area contributed by atoms with Gasteiger partial charge < -0.3 is 14.5 Å². The van der Waals surface area contributed by atoms with E-state index in [1.165, 1.54) is 0 Å². The quantitative estimate of drug-likeness (QED) is 0.831. The summed E-state index contributed by atoms with van der Waals surface area (Å²) in [6.07, 6.45) is 3.54. The van der Waals surface area contributed by atoms with Crippen LogP contribution in [-0.2, 0) is 9.53 Å². The van der Waals surface area contributed by atoms with E-state index in [2.05, 4.69) is 9.88 Å². The van der Waals surface area contributed by atoms with Gasteiger partial charge in [0.15, 0.2) is 0 Å². The van der Waals surface area contributed by atoms with Crippen molar-refractivity contribution in [1.29, 1.82) is 0 Å². The molecule has 0 saturated carbocycles. The minimum atomic E-state index is -0.0956. The molecule has 3 rings (SSSR count). The Morgan fingerprint density at radius 2 is 2.10 bits per heavy atom. The van der Waals surface area contributed by atoms with Crippen molar-refractivity contribution in [3.8, 4) is 0 Å². The SMILES string of the molecule is O=C([C@@H]1CCCN1c1ccc(Cl)cn1)N1CCOCC1. The van der Waals surface area contributed by atoms with E-state index in [9.17, 15) is 4.79 Å². The zero-order valence-corrected chi connectivity index (χ0v) is 12.1. The molecule has 0 aromatic carbocycles. The Kier molecular flexibility index (Phi) is 4.08. The number of hydrogen-bond acceptors (Lipinski definition) is 4. The highest BCUT2D eigenvalue weighted by Crippen LogP contribution is 2.26. The number of amides is 1. The van der Waals surface area contributed by atoms with Crippen LogP contribution in [0.1, 0.15) is 12.8 Å². The number of morpholine rings is 1. The molecule has 2 aliphatic heterocycles. The number of pyridine rings is 1. The third-order valence-electron chi connectivity index (χ3n) is 3.87. The van der Waals surface area contributed by atoms with Crippen molar-refractivity contribution in [1.82, 2.24) is 9.88 Å². The zero-order valence-electron chi connectivity index (χ0n) is 11.3. The third kappa shape index (κ3) is 2.74. The van der Waals surface area contributed by atoms with E-state index in [1.807, 2.05) is 17.0 Å². The average molecular weight is 296 g/mol. The summed E-state index contributed by atoms with van der Waals surface area (Å²) in [5.41, 5.74) is 0. The fraction of sp³-hybridized carbons (Fsp3) is 0.571. The number of anilines is 1. The molecule has 6 heteroatoms. The maximum Gasteiger partial charge on any atom is 0.245 e. The Morgan fingerprint density at radius 1 is 1.30 bits per heavy atom. The van der Waals surface area contributed by atoms with Gasteiger partial charge in [-0.05, 0) is 25.0 Å². The van der Waals surface area contributed by atoms with Gasteiger partial charge in [0.1, 0.15) is 11.9 Å². The number of ether oxygens (including phenoxy) is 1. The van der Waals surface area contributed by atoms with Crippen LogP contribution in [0.2, 0.25) is 5.02 Å². The summed E-state index contributed by atoms with van der Waals surface area (Å²) in [7, 11) is 0. The Balaban J connectivity index is 1.74. The van der Waals surface area contributed by atoms with Crippen LogP contribution in [0.4, 0.5) is 5.82 Å². The van der Waals surface area contributed by atoms with Gasteiger partial charge in [0.05, 0.1) is 18.2 Å². The largest absolute Gasteiger partial charge is 0.378 e. The number of aromatic nitrogens is 1. The van der Waals surface area contributed by atoms with Crippen molar-refractivity contribution in [2.24, 2.45) is 0 Å². The molecular formula is C14H18ClN3O2. The lowest BCUT2D eigenvalue weighted by Gasteiger charge is -2.33. The normalized spacial score (nSPS) is 23.1. The predicted octanol–water partition coefficient (Wildman–Crippen LogP) is 1.56. The maximum absolute atomic E-state index is 12.6. The Hall–Kier alpha value is -1.33. The molecule has 1 aromatic rings. The molecule has 1 aromatic heterocycles. The lowest BCUT2D eigenvalue weighted by Crippen LogP contribution is -2.50. The van der Waals surface area contributed by atoms with E-state index in [1.54, 1.807) is 6.20 Å². The fourth-order valence-electron chi connectivity index (χ4n) is 2.83. The summed E-state index contributed by atoms with van der Waals surface area (Å²) < 4.78 is 5.30. The second-order valence-electron chi connectivity index (χ2n) is 5.12. The first-order chi connectivity index (χ1) is 9.75. The Bertz CT molecular complexity index is 474. The van der Waals surface area contributed by atoms with Gasteiger partial charge in [0.2, 0.25) is 5.91 Å². The van der Waals surface area contributed by atoms with Crippen molar-refractivity contribution in [3.05, 3.63) is 23.4 Å². The van der Waals surface area contributed by atoms with Gasteiger partial charge in [-0.25, -0.2) is 4.98 Å². The van der Waals surface area contributed by atoms with Gasteiger partial charge in [0.25, 0.3) is 0 Å². The van der Waals surface area contributed by atoms with Crippen molar-refractivity contribution in [2.75, 3.05) is 37.7 Å². The Labute approximate surface area is 123 Å². The molecule has 1 atom stereocenters. The molecule has 0 bridgehead atoms. The molecule has 108 valence electrons. The van der Waals surface area contributed by atoms with Crippen LogP contribution < -0.4 is 4.90 Å². The van der Waals surface area contributed by atoms with Crippen LogP contribution in [0.3, 0.4) is 0 Å². The number of carbonyl (C=O) groups excluding carboxylic acids is 1. The predicted molar refractivity (Wildman–Crippen MR) is 77.0 cm³/mol. The van der Waals surface area contributed by atoms with Gasteiger partial charge in [-0.2, -0.15) is 0 Å². The molecule has 3 heterocycles. The Morgan fingerprint density at radius 3 is 2.80 bits per heavy atom. The first kappa shape index (κ1) is 13.6. The number of halogens is 1. The van der Waals surface area contributed by atoms with Crippen LogP contribution in [0.25, 0.3) is 0 Å². The summed E-state index contributed by atoms with van der Waals surface area (Å²) >= 11 is 5.87. The van der Waals surface area contributed by atoms with Crippen LogP contribution in [0, 0.1) is 0 Å². The van der Waals surface area contributed by atoms with Crippen LogP contribution in [-0.4, -0.2) is 54.7 Å². The second kappa shape index (κ2) is 5.97. The minimum absolute atomic E-state index is 0.0956. The van der Waals surface area contributed by atoms with Gasteiger partial charge >= 0.3 is 0 Å². The van der Waals surface area contributed by atoms with Gasteiger partial charge in [-0.15, -0.1) is 0 Å². The van der Waals surface area contributed by atoms with Crippen molar-refractivity contribution in [2.45, 2.75) is 18.9 Å². The number of rotatable bonds is 2. The van der Waals surface area contributed by atoms with E-state index < -0.39 is 0 Å². The monoisotopic (exact) mass is 295 g/mol. The zero-order chi connectivity index (χ0) is 13.9. The second-order valence-corrected chi connectivity index (χ2v) is 5.56. The molecule has 20 heavy (non-hydrogen) atoms. The molecule has 0 radical (unpaired) electrons. The molecular weight excluding hydrogens is 278 g/mol. The molecule has 0 unspecified atom stereocenters. The number of carbonyl (C=O) groups is 1. The highest BCUT2D eigenvalue weighted by molar-refractivity contribution is 6.30. The first-order valence-corrected chi connectivity index (χ1v) is 7.38. The molecule has 5 nitrogen and oxygen atoms in total. The standard InChI is InChI=1S/C14H18ClN3O2/c15-11-3-4-13(16-10-11)18-5-1-2-12(18)14(19)17-6-8-20-9-7-17/h3-4,10,12H,1-2,5-9H2/t12-/m0/s1. The van der Waals surface area contributed by atoms with Crippen LogP contribution in [0.15, 0.2) is 18.3 Å². The van der Waals surface area contributed by atoms with Crippen LogP contribution in [0.5, 0.6) is 0 Å². The van der Waals surface area contributed by atoms with E-state index >= 15 is 0 Å². The average Bonchev–Trinajstić information content (AvgIpc) is 2.97. The summed E-state index contributed by atoms with van der Waals surface area (Å²) in [5.74, 6) is 1.03. The molecule has 1 amide bonds. The highest BCUT2D eigenvalue weighted by atomic mass is 35.5. The van der Waals surface area contributed by atoms with Crippen molar-refractivity contribution >= 4 is 23.3 Å². The van der Waals surface area contributed by atoms with E-state index in [0.29, 0.717) is 31.3 Å². The minimum Gasteiger partial charge on any atom is -0.378 e. The topological polar surface area (TPSA) is 45.7 Å². The molecule has 2 aliphatic rings. The van der Waals surface area contributed by atoms with E-state index in [0.717, 1.165) is 25.2 Å². The molecule has 0 spiro atoms. The summed E-state index contributed by atoms with van der Waals surface area (Å²) in [5, 5.41) is 0.615. The summed E-state index contributed by atoms with van der Waals surface area (Å²) in [6, 6.07) is 3.60. The van der Waals surface area contributed by atoms with Gasteiger partial charge in [-0.3, -0.25) is 4.79 Å². The van der Waals surface area contributed by atoms with Crippen LogP contribution >= 0.6 is 11.6 Å². The fourth-order valence-corrected chi connectivity index (χ4v) is 2.94. The smallest absolute Gasteiger partial charge is 0.245 e.